The van der Waals surface area contributed by atoms with Crippen molar-refractivity contribution >= 4 is 11.6 Å². The number of hydrogen-bond acceptors (Lipinski definition) is 5. The minimum absolute atomic E-state index is 0.0570. The number of methoxy groups -OCH3 is 2. The van der Waals surface area contributed by atoms with Crippen LogP contribution >= 0.6 is 0 Å². The normalized spacial score (nSPS) is 11.0. The summed E-state index contributed by atoms with van der Waals surface area (Å²) >= 11 is 0. The molecule has 0 spiro atoms. The molecule has 34 heavy (non-hydrogen) atoms. The molecule has 6 heteroatoms. The van der Waals surface area contributed by atoms with Crippen molar-refractivity contribution in [3.63, 3.8) is 0 Å². The van der Waals surface area contributed by atoms with E-state index in [-0.39, 0.29) is 17.9 Å². The number of nitrogens with one attached hydrogen (secondary N) is 1. The third-order valence-corrected chi connectivity index (χ3v) is 5.36. The molecule has 0 heterocycles. The van der Waals surface area contributed by atoms with E-state index < -0.39 is 0 Å². The average Bonchev–Trinajstić information content (AvgIpc) is 2.83. The molecule has 0 saturated carbocycles. The molecule has 0 aromatic heterocycles. The van der Waals surface area contributed by atoms with E-state index in [9.17, 15) is 4.79 Å². The lowest BCUT2D eigenvalue weighted by atomic mass is 9.86. The molecule has 3 rings (SSSR count). The van der Waals surface area contributed by atoms with E-state index in [1.165, 1.54) is 0 Å². The van der Waals surface area contributed by atoms with Crippen molar-refractivity contribution in [3.05, 3.63) is 77.4 Å². The van der Waals surface area contributed by atoms with Crippen LogP contribution in [0.15, 0.2) is 60.7 Å². The molecule has 6 nitrogen and oxygen atoms in total. The Labute approximate surface area is 201 Å². The number of ether oxygens (including phenoxy) is 4. The predicted molar refractivity (Wildman–Crippen MR) is 135 cm³/mol. The Morgan fingerprint density at radius 2 is 1.62 bits per heavy atom. The molecule has 0 aliphatic heterocycles. The van der Waals surface area contributed by atoms with Gasteiger partial charge in [0.2, 0.25) is 0 Å². The zero-order valence-electron chi connectivity index (χ0n) is 20.7. The highest BCUT2D eigenvalue weighted by Crippen LogP contribution is 2.33. The lowest BCUT2D eigenvalue weighted by Crippen LogP contribution is -2.15. The first-order chi connectivity index (χ1) is 16.3. The third-order valence-electron chi connectivity index (χ3n) is 5.36. The second-order valence-corrected chi connectivity index (χ2v) is 8.81. The van der Waals surface area contributed by atoms with Crippen LogP contribution in [-0.2, 0) is 12.0 Å². The van der Waals surface area contributed by atoms with Gasteiger partial charge in [-0.3, -0.25) is 4.79 Å². The van der Waals surface area contributed by atoms with Gasteiger partial charge >= 0.3 is 0 Å². The molecule has 180 valence electrons. The Bertz CT molecular complexity index is 1130. The predicted octanol–water partition coefficient (Wildman–Crippen LogP) is 6.23. The third kappa shape index (κ3) is 6.01. The van der Waals surface area contributed by atoms with Gasteiger partial charge in [-0.25, -0.2) is 0 Å². The van der Waals surface area contributed by atoms with Crippen LogP contribution < -0.4 is 24.3 Å². The number of para-hydroxylation sites is 1. The van der Waals surface area contributed by atoms with Crippen LogP contribution in [0.25, 0.3) is 0 Å². The Morgan fingerprint density at radius 1 is 0.853 bits per heavy atom. The van der Waals surface area contributed by atoms with Crippen molar-refractivity contribution in [2.45, 2.75) is 39.7 Å². The van der Waals surface area contributed by atoms with Gasteiger partial charge in [-0.2, -0.15) is 0 Å². The van der Waals surface area contributed by atoms with Crippen LogP contribution in [0.5, 0.6) is 23.0 Å². The molecule has 0 fully saturated rings. The van der Waals surface area contributed by atoms with Gasteiger partial charge in [0.25, 0.3) is 5.91 Å². The van der Waals surface area contributed by atoms with E-state index in [2.05, 4.69) is 32.2 Å². The molecular weight excluding hydrogens is 430 g/mol. The van der Waals surface area contributed by atoms with E-state index in [1.54, 1.807) is 50.6 Å². The first-order valence-corrected chi connectivity index (χ1v) is 11.3. The monoisotopic (exact) mass is 463 g/mol. The van der Waals surface area contributed by atoms with Crippen LogP contribution in [0.2, 0.25) is 0 Å². The summed E-state index contributed by atoms with van der Waals surface area (Å²) < 4.78 is 22.6. The van der Waals surface area contributed by atoms with Gasteiger partial charge in [0.15, 0.2) is 0 Å². The second kappa shape index (κ2) is 11.0. The summed E-state index contributed by atoms with van der Waals surface area (Å²) in [6, 6.07) is 18.6. The summed E-state index contributed by atoms with van der Waals surface area (Å²) in [6.45, 7) is 9.17. The fraction of sp³-hybridized carbons (Fsp3) is 0.321. The van der Waals surface area contributed by atoms with E-state index in [0.29, 0.717) is 35.1 Å². The van der Waals surface area contributed by atoms with Gasteiger partial charge in [0.1, 0.15) is 29.6 Å². The van der Waals surface area contributed by atoms with Crippen LogP contribution in [0.4, 0.5) is 5.69 Å². The summed E-state index contributed by atoms with van der Waals surface area (Å²) in [7, 11) is 3.13. The standard InChI is InChI=1S/C28H33NO5/c1-7-33-24-15-12-19(27(30)29-23-14-13-21(31-5)17-26(23)32-6)16-20(24)18-34-25-11-9-8-10-22(25)28(2,3)4/h8-17H,7,18H2,1-6H3,(H,29,30). The lowest BCUT2D eigenvalue weighted by molar-refractivity contribution is 0.102. The SMILES string of the molecule is CCOc1ccc(C(=O)Nc2ccc(OC)cc2OC)cc1COc1ccccc1C(C)(C)C. The number of carbonyl (C=O) groups is 1. The maximum atomic E-state index is 13.0. The molecular formula is C28H33NO5. The van der Waals surface area contributed by atoms with Gasteiger partial charge in [0, 0.05) is 17.2 Å². The van der Waals surface area contributed by atoms with Crippen molar-refractivity contribution in [1.82, 2.24) is 0 Å². The Morgan fingerprint density at radius 3 is 2.29 bits per heavy atom. The van der Waals surface area contributed by atoms with Crippen molar-refractivity contribution in [1.29, 1.82) is 0 Å². The molecule has 0 atom stereocenters. The van der Waals surface area contributed by atoms with Crippen LogP contribution in [0.1, 0.15) is 49.2 Å². The van der Waals surface area contributed by atoms with Gasteiger partial charge < -0.3 is 24.3 Å². The first kappa shape index (κ1) is 25.0. The fourth-order valence-electron chi connectivity index (χ4n) is 3.59. The van der Waals surface area contributed by atoms with Crippen molar-refractivity contribution in [2.24, 2.45) is 0 Å². The Kier molecular flexibility index (Phi) is 8.05. The first-order valence-electron chi connectivity index (χ1n) is 11.3. The molecule has 0 unspecified atom stereocenters. The quantitative estimate of drug-likeness (QED) is 0.407. The van der Waals surface area contributed by atoms with Crippen molar-refractivity contribution < 1.29 is 23.7 Å². The molecule has 0 saturated heterocycles. The molecule has 1 N–H and O–H groups in total. The number of hydrogen-bond donors (Lipinski definition) is 1. The second-order valence-electron chi connectivity index (χ2n) is 8.81. The number of anilines is 1. The van der Waals surface area contributed by atoms with Gasteiger partial charge in [0.05, 0.1) is 26.5 Å². The molecule has 3 aromatic carbocycles. The molecule has 0 bridgehead atoms. The van der Waals surface area contributed by atoms with Gasteiger partial charge in [-0.05, 0) is 54.3 Å². The highest BCUT2D eigenvalue weighted by Gasteiger charge is 2.19. The smallest absolute Gasteiger partial charge is 0.255 e. The maximum absolute atomic E-state index is 13.0. The topological polar surface area (TPSA) is 66.0 Å². The lowest BCUT2D eigenvalue weighted by Gasteiger charge is -2.23. The Balaban J connectivity index is 1.85. The van der Waals surface area contributed by atoms with Crippen molar-refractivity contribution in [2.75, 3.05) is 26.1 Å². The molecule has 0 aliphatic rings. The highest BCUT2D eigenvalue weighted by atomic mass is 16.5. The van der Waals surface area contributed by atoms with Gasteiger partial charge in [-0.15, -0.1) is 0 Å². The molecule has 0 radical (unpaired) electrons. The van der Waals surface area contributed by atoms with E-state index in [1.807, 2.05) is 25.1 Å². The maximum Gasteiger partial charge on any atom is 0.255 e. The number of rotatable bonds is 9. The summed E-state index contributed by atoms with van der Waals surface area (Å²) in [5.74, 6) is 2.40. The highest BCUT2D eigenvalue weighted by molar-refractivity contribution is 6.05. The minimum Gasteiger partial charge on any atom is -0.497 e. The molecule has 3 aromatic rings. The zero-order chi connectivity index (χ0) is 24.7. The van der Waals surface area contributed by atoms with Gasteiger partial charge in [-0.1, -0.05) is 39.0 Å². The molecule has 0 aliphatic carbocycles. The summed E-state index contributed by atoms with van der Waals surface area (Å²) in [5.41, 5.74) is 2.90. The number of carbonyl (C=O) groups excluding carboxylic acids is 1. The Hall–Kier alpha value is -3.67. The number of benzene rings is 3. The van der Waals surface area contributed by atoms with E-state index in [0.717, 1.165) is 16.9 Å². The van der Waals surface area contributed by atoms with Crippen LogP contribution in [0, 0.1) is 0 Å². The minimum atomic E-state index is -0.261. The fourth-order valence-corrected chi connectivity index (χ4v) is 3.59. The van der Waals surface area contributed by atoms with Crippen LogP contribution in [0.3, 0.4) is 0 Å². The zero-order valence-corrected chi connectivity index (χ0v) is 20.7. The summed E-state index contributed by atoms with van der Waals surface area (Å²) in [5, 5.41) is 2.91. The average molecular weight is 464 g/mol. The molecule has 1 amide bonds. The van der Waals surface area contributed by atoms with E-state index >= 15 is 0 Å². The summed E-state index contributed by atoms with van der Waals surface area (Å²) in [4.78, 5) is 13.0. The summed E-state index contributed by atoms with van der Waals surface area (Å²) in [6.07, 6.45) is 0. The number of amides is 1. The van der Waals surface area contributed by atoms with Crippen molar-refractivity contribution in [3.8, 4) is 23.0 Å². The van der Waals surface area contributed by atoms with Crippen LogP contribution in [-0.4, -0.2) is 26.7 Å². The largest absolute Gasteiger partial charge is 0.497 e. The van der Waals surface area contributed by atoms with E-state index in [4.69, 9.17) is 18.9 Å².